The van der Waals surface area contributed by atoms with Crippen molar-refractivity contribution in [3.63, 3.8) is 0 Å². The molecule has 1 unspecified atom stereocenters. The zero-order valence-electron chi connectivity index (χ0n) is 16.0. The van der Waals surface area contributed by atoms with Gasteiger partial charge in [0.15, 0.2) is 0 Å². The maximum atomic E-state index is 12.2. The van der Waals surface area contributed by atoms with Gasteiger partial charge in [0, 0.05) is 0 Å². The summed E-state index contributed by atoms with van der Waals surface area (Å²) in [5.41, 5.74) is 0. The number of hydrogen-bond acceptors (Lipinski definition) is 4. The number of carbonyl (C=O) groups is 2. The van der Waals surface area contributed by atoms with E-state index in [0.717, 1.165) is 38.5 Å². The molecule has 1 aliphatic carbocycles. The van der Waals surface area contributed by atoms with E-state index in [-0.39, 0.29) is 23.8 Å². The SMILES string of the molecule is CCCCC(CC)COC(=O)C1CCC(C(=O)OCC(C)C)CC1. The van der Waals surface area contributed by atoms with Gasteiger partial charge in [0.25, 0.3) is 0 Å². The van der Waals surface area contributed by atoms with E-state index in [0.29, 0.717) is 25.0 Å². The van der Waals surface area contributed by atoms with Crippen LogP contribution in [0.25, 0.3) is 0 Å². The van der Waals surface area contributed by atoms with Crippen LogP contribution in [0, 0.1) is 23.7 Å². The lowest BCUT2D eigenvalue weighted by molar-refractivity contribution is -0.156. The number of carbonyl (C=O) groups excluding carboxylic acids is 2. The molecule has 0 spiro atoms. The topological polar surface area (TPSA) is 52.6 Å². The van der Waals surface area contributed by atoms with Crippen LogP contribution in [0.1, 0.15) is 79.1 Å². The van der Waals surface area contributed by atoms with E-state index >= 15 is 0 Å². The molecule has 4 heteroatoms. The Balaban J connectivity index is 2.28. The first kappa shape index (κ1) is 21.0. The van der Waals surface area contributed by atoms with E-state index in [9.17, 15) is 9.59 Å². The summed E-state index contributed by atoms with van der Waals surface area (Å²) in [7, 11) is 0. The molecule has 0 N–H and O–H groups in total. The van der Waals surface area contributed by atoms with Crippen molar-refractivity contribution in [1.29, 1.82) is 0 Å². The summed E-state index contributed by atoms with van der Waals surface area (Å²) in [6.45, 7) is 9.43. The second-order valence-corrected chi connectivity index (χ2v) is 7.62. The fourth-order valence-electron chi connectivity index (χ4n) is 3.15. The average molecular weight is 341 g/mol. The van der Waals surface area contributed by atoms with Gasteiger partial charge in [-0.25, -0.2) is 0 Å². The van der Waals surface area contributed by atoms with Gasteiger partial charge in [-0.2, -0.15) is 0 Å². The van der Waals surface area contributed by atoms with Crippen molar-refractivity contribution in [3.8, 4) is 0 Å². The second-order valence-electron chi connectivity index (χ2n) is 7.62. The lowest BCUT2D eigenvalue weighted by atomic mass is 9.82. The largest absolute Gasteiger partial charge is 0.465 e. The van der Waals surface area contributed by atoms with E-state index in [2.05, 4.69) is 13.8 Å². The molecule has 0 aliphatic heterocycles. The highest BCUT2D eigenvalue weighted by molar-refractivity contribution is 5.75. The molecule has 0 aromatic rings. The predicted octanol–water partition coefficient (Wildman–Crippen LogP) is 4.75. The Kier molecular flexibility index (Phi) is 10.0. The van der Waals surface area contributed by atoms with Crippen LogP contribution < -0.4 is 0 Å². The van der Waals surface area contributed by atoms with Crippen LogP contribution >= 0.6 is 0 Å². The summed E-state index contributed by atoms with van der Waals surface area (Å²) in [6.07, 6.45) is 7.53. The Morgan fingerprint density at radius 3 is 1.83 bits per heavy atom. The lowest BCUT2D eigenvalue weighted by Gasteiger charge is -2.26. The van der Waals surface area contributed by atoms with Crippen LogP contribution in [0.5, 0.6) is 0 Å². The molecule has 0 aromatic carbocycles. The van der Waals surface area contributed by atoms with Crippen LogP contribution in [0.15, 0.2) is 0 Å². The maximum Gasteiger partial charge on any atom is 0.308 e. The van der Waals surface area contributed by atoms with Crippen molar-refractivity contribution in [2.45, 2.75) is 79.1 Å². The summed E-state index contributed by atoms with van der Waals surface area (Å²) >= 11 is 0. The Hall–Kier alpha value is -1.06. The fourth-order valence-corrected chi connectivity index (χ4v) is 3.15. The zero-order valence-corrected chi connectivity index (χ0v) is 16.0. The van der Waals surface area contributed by atoms with Crippen LogP contribution in [0.2, 0.25) is 0 Å². The van der Waals surface area contributed by atoms with Gasteiger partial charge < -0.3 is 9.47 Å². The van der Waals surface area contributed by atoms with Gasteiger partial charge in [0.1, 0.15) is 0 Å². The smallest absolute Gasteiger partial charge is 0.308 e. The van der Waals surface area contributed by atoms with Crippen molar-refractivity contribution in [1.82, 2.24) is 0 Å². The van der Waals surface area contributed by atoms with Gasteiger partial charge in [0.2, 0.25) is 0 Å². The molecule has 1 saturated carbocycles. The minimum atomic E-state index is -0.0962. The third-order valence-electron chi connectivity index (χ3n) is 4.96. The Labute approximate surface area is 147 Å². The minimum absolute atomic E-state index is 0.0390. The minimum Gasteiger partial charge on any atom is -0.465 e. The first-order valence-corrected chi connectivity index (χ1v) is 9.81. The Bertz CT molecular complexity index is 370. The van der Waals surface area contributed by atoms with E-state index in [1.807, 2.05) is 13.8 Å². The molecule has 1 rings (SSSR count). The molecule has 4 nitrogen and oxygen atoms in total. The summed E-state index contributed by atoms with van der Waals surface area (Å²) in [4.78, 5) is 24.2. The summed E-state index contributed by atoms with van der Waals surface area (Å²) in [5.74, 6) is 0.597. The standard InChI is InChI=1S/C20H36O4/c1-5-7-8-16(6-2)14-24-20(22)18-11-9-17(10-12-18)19(21)23-13-15(3)4/h15-18H,5-14H2,1-4H3. The second kappa shape index (κ2) is 11.5. The number of hydrogen-bond donors (Lipinski definition) is 0. The number of rotatable bonds is 10. The van der Waals surface area contributed by atoms with Crippen molar-refractivity contribution in [2.24, 2.45) is 23.7 Å². The van der Waals surface area contributed by atoms with E-state index in [1.54, 1.807) is 0 Å². The molecule has 1 atom stereocenters. The van der Waals surface area contributed by atoms with Crippen molar-refractivity contribution in [3.05, 3.63) is 0 Å². The Morgan fingerprint density at radius 1 is 0.917 bits per heavy atom. The molecular weight excluding hydrogens is 304 g/mol. The average Bonchev–Trinajstić information content (AvgIpc) is 2.59. The molecule has 0 bridgehead atoms. The van der Waals surface area contributed by atoms with E-state index < -0.39 is 0 Å². The first-order chi connectivity index (χ1) is 11.5. The third-order valence-corrected chi connectivity index (χ3v) is 4.96. The molecule has 0 aromatic heterocycles. The summed E-state index contributed by atoms with van der Waals surface area (Å²) in [6, 6.07) is 0. The van der Waals surface area contributed by atoms with Crippen molar-refractivity contribution in [2.75, 3.05) is 13.2 Å². The van der Waals surface area contributed by atoms with Crippen LogP contribution in [-0.2, 0) is 19.1 Å². The molecule has 0 heterocycles. The van der Waals surface area contributed by atoms with Crippen LogP contribution in [0.4, 0.5) is 0 Å². The van der Waals surface area contributed by atoms with E-state index in [1.165, 1.54) is 12.8 Å². The molecule has 1 fully saturated rings. The van der Waals surface area contributed by atoms with Gasteiger partial charge in [0.05, 0.1) is 25.0 Å². The van der Waals surface area contributed by atoms with Crippen molar-refractivity contribution >= 4 is 11.9 Å². The molecule has 24 heavy (non-hydrogen) atoms. The number of ether oxygens (including phenoxy) is 2. The van der Waals surface area contributed by atoms with Crippen LogP contribution in [0.3, 0.4) is 0 Å². The number of esters is 2. The van der Waals surface area contributed by atoms with Gasteiger partial charge in [-0.15, -0.1) is 0 Å². The van der Waals surface area contributed by atoms with Gasteiger partial charge in [-0.3, -0.25) is 9.59 Å². The first-order valence-electron chi connectivity index (χ1n) is 9.81. The summed E-state index contributed by atoms with van der Waals surface area (Å²) < 4.78 is 10.9. The van der Waals surface area contributed by atoms with Gasteiger partial charge in [-0.1, -0.05) is 47.0 Å². The zero-order chi connectivity index (χ0) is 17.9. The number of unbranched alkanes of at least 4 members (excludes halogenated alkanes) is 1. The Morgan fingerprint density at radius 2 is 1.42 bits per heavy atom. The summed E-state index contributed by atoms with van der Waals surface area (Å²) in [5, 5.41) is 0. The highest BCUT2D eigenvalue weighted by Gasteiger charge is 2.31. The molecular formula is C20H36O4. The maximum absolute atomic E-state index is 12.2. The molecule has 1 aliphatic rings. The molecule has 0 amide bonds. The predicted molar refractivity (Wildman–Crippen MR) is 95.5 cm³/mol. The lowest BCUT2D eigenvalue weighted by Crippen LogP contribution is -2.29. The van der Waals surface area contributed by atoms with E-state index in [4.69, 9.17) is 9.47 Å². The molecule has 0 saturated heterocycles. The fraction of sp³-hybridized carbons (Fsp3) is 0.900. The van der Waals surface area contributed by atoms with Gasteiger partial charge >= 0.3 is 11.9 Å². The normalized spacial score (nSPS) is 22.2. The van der Waals surface area contributed by atoms with Gasteiger partial charge in [-0.05, 0) is 43.9 Å². The van der Waals surface area contributed by atoms with Crippen molar-refractivity contribution < 1.29 is 19.1 Å². The van der Waals surface area contributed by atoms with Crippen LogP contribution in [-0.4, -0.2) is 25.2 Å². The molecule has 0 radical (unpaired) electrons. The highest BCUT2D eigenvalue weighted by atomic mass is 16.5. The third kappa shape index (κ3) is 7.67. The molecule has 140 valence electrons. The highest BCUT2D eigenvalue weighted by Crippen LogP contribution is 2.30. The quantitative estimate of drug-likeness (QED) is 0.538. The monoisotopic (exact) mass is 340 g/mol.